The second-order valence-electron chi connectivity index (χ2n) is 3.72. The van der Waals surface area contributed by atoms with E-state index in [1.54, 1.807) is 0 Å². The average molecular weight is 225 g/mol. The van der Waals surface area contributed by atoms with Gasteiger partial charge in [-0.1, -0.05) is 38.1 Å². The molecule has 1 aromatic carbocycles. The molecule has 0 bridgehead atoms. The maximum absolute atomic E-state index is 10.7. The van der Waals surface area contributed by atoms with Crippen molar-refractivity contribution in [3.63, 3.8) is 0 Å². The first kappa shape index (κ1) is 11.9. The second kappa shape index (κ2) is 4.59. The lowest BCUT2D eigenvalue weighted by Gasteiger charge is -2.05. The van der Waals surface area contributed by atoms with Crippen LogP contribution in [0.5, 0.6) is 0 Å². The Kier molecular flexibility index (Phi) is 3.66. The molecule has 0 unspecified atom stereocenters. The van der Waals surface area contributed by atoms with Crippen LogP contribution in [0.4, 0.5) is 0 Å². The molecule has 0 saturated heterocycles. The predicted molar refractivity (Wildman–Crippen MR) is 62.7 cm³/mol. The molecule has 0 aliphatic heterocycles. The zero-order valence-electron chi connectivity index (χ0n) is 8.84. The lowest BCUT2D eigenvalue weighted by Crippen LogP contribution is -2.06. The molecule has 0 saturated carbocycles. The molecule has 1 rings (SSSR count). The van der Waals surface area contributed by atoms with Gasteiger partial charge in [0, 0.05) is 5.41 Å². The van der Waals surface area contributed by atoms with Crippen LogP contribution in [-0.2, 0) is 10.0 Å². The molecule has 0 spiro atoms. The first-order valence-electron chi connectivity index (χ1n) is 4.69. The van der Waals surface area contributed by atoms with E-state index in [2.05, 4.69) is 13.8 Å². The van der Waals surface area contributed by atoms with Gasteiger partial charge in [-0.3, -0.25) is 0 Å². The van der Waals surface area contributed by atoms with Crippen LogP contribution in [0.3, 0.4) is 0 Å². The number of hydrogen-bond donors (Lipinski definition) is 1. The molecule has 2 N–H and O–H groups in total. The van der Waals surface area contributed by atoms with Crippen LogP contribution in [0.25, 0.3) is 6.08 Å². The van der Waals surface area contributed by atoms with Crippen molar-refractivity contribution in [2.75, 3.05) is 0 Å². The summed E-state index contributed by atoms with van der Waals surface area (Å²) in [6.07, 6.45) is 1.50. The first-order valence-corrected chi connectivity index (χ1v) is 6.30. The van der Waals surface area contributed by atoms with Gasteiger partial charge in [-0.15, -0.1) is 0 Å². The van der Waals surface area contributed by atoms with Crippen LogP contribution in [0.1, 0.15) is 30.9 Å². The summed E-state index contributed by atoms with van der Waals surface area (Å²) in [6.45, 7) is 4.17. The zero-order valence-corrected chi connectivity index (χ0v) is 9.66. The Bertz CT molecular complexity index is 461. The maximum Gasteiger partial charge on any atom is 0.231 e. The van der Waals surface area contributed by atoms with Crippen LogP contribution in [0, 0.1) is 0 Å². The summed E-state index contributed by atoms with van der Waals surface area (Å²) in [5.41, 5.74) is 2.02. The summed E-state index contributed by atoms with van der Waals surface area (Å²) >= 11 is 0. The minimum atomic E-state index is -3.54. The molecule has 3 nitrogen and oxygen atoms in total. The minimum absolute atomic E-state index is 0.424. The van der Waals surface area contributed by atoms with Gasteiger partial charge in [0.25, 0.3) is 0 Å². The number of sulfonamides is 1. The van der Waals surface area contributed by atoms with Crippen molar-refractivity contribution in [1.29, 1.82) is 0 Å². The third kappa shape index (κ3) is 4.27. The first-order chi connectivity index (χ1) is 6.88. The lowest BCUT2D eigenvalue weighted by molar-refractivity contribution is 0.606. The molecular formula is C11H15NO2S. The van der Waals surface area contributed by atoms with Crippen molar-refractivity contribution in [2.24, 2.45) is 5.14 Å². The van der Waals surface area contributed by atoms with Crippen LogP contribution in [-0.4, -0.2) is 8.42 Å². The molecule has 82 valence electrons. The Labute approximate surface area is 90.7 Å². The van der Waals surface area contributed by atoms with Crippen LogP contribution < -0.4 is 5.14 Å². The fraction of sp³-hybridized carbons (Fsp3) is 0.273. The summed E-state index contributed by atoms with van der Waals surface area (Å²) in [7, 11) is -3.54. The molecule has 0 heterocycles. The van der Waals surface area contributed by atoms with Gasteiger partial charge in [0.1, 0.15) is 0 Å². The molecule has 0 aliphatic rings. The van der Waals surface area contributed by atoms with E-state index >= 15 is 0 Å². The van der Waals surface area contributed by atoms with E-state index in [9.17, 15) is 8.42 Å². The summed E-state index contributed by atoms with van der Waals surface area (Å²) < 4.78 is 21.4. The Morgan fingerprint density at radius 1 is 1.33 bits per heavy atom. The topological polar surface area (TPSA) is 60.2 Å². The Morgan fingerprint density at radius 3 is 2.53 bits per heavy atom. The number of rotatable bonds is 3. The van der Waals surface area contributed by atoms with Gasteiger partial charge in [0.05, 0.1) is 0 Å². The fourth-order valence-corrected chi connectivity index (χ4v) is 1.54. The number of primary sulfonamides is 1. The highest BCUT2D eigenvalue weighted by molar-refractivity contribution is 7.92. The zero-order chi connectivity index (χ0) is 11.5. The Hall–Kier alpha value is -1.13. The van der Waals surface area contributed by atoms with E-state index in [0.717, 1.165) is 11.0 Å². The summed E-state index contributed by atoms with van der Waals surface area (Å²) in [4.78, 5) is 0. The van der Waals surface area contributed by atoms with Crippen molar-refractivity contribution >= 4 is 16.1 Å². The molecule has 0 aromatic heterocycles. The second-order valence-corrected chi connectivity index (χ2v) is 5.17. The Balaban J connectivity index is 2.97. The van der Waals surface area contributed by atoms with Crippen molar-refractivity contribution in [3.8, 4) is 0 Å². The van der Waals surface area contributed by atoms with E-state index in [0.29, 0.717) is 5.92 Å². The number of hydrogen-bond acceptors (Lipinski definition) is 2. The quantitative estimate of drug-likeness (QED) is 0.856. The third-order valence-electron chi connectivity index (χ3n) is 2.03. The molecule has 0 fully saturated rings. The molecule has 0 amide bonds. The highest BCUT2D eigenvalue weighted by Gasteiger charge is 1.99. The van der Waals surface area contributed by atoms with E-state index in [1.165, 1.54) is 11.6 Å². The predicted octanol–water partition coefficient (Wildman–Crippen LogP) is 2.07. The maximum atomic E-state index is 10.7. The van der Waals surface area contributed by atoms with Crippen molar-refractivity contribution in [1.82, 2.24) is 0 Å². The smallest absolute Gasteiger partial charge is 0.225 e. The third-order valence-corrected chi connectivity index (χ3v) is 2.54. The van der Waals surface area contributed by atoms with Gasteiger partial charge in [-0.25, -0.2) is 13.6 Å². The van der Waals surface area contributed by atoms with Crippen molar-refractivity contribution in [3.05, 3.63) is 40.8 Å². The van der Waals surface area contributed by atoms with Gasteiger partial charge in [-0.05, 0) is 23.1 Å². The van der Waals surface area contributed by atoms with Crippen molar-refractivity contribution in [2.45, 2.75) is 19.8 Å². The molecule has 1 aromatic rings. The highest BCUT2D eigenvalue weighted by Crippen LogP contribution is 2.16. The summed E-state index contributed by atoms with van der Waals surface area (Å²) in [6, 6.07) is 7.71. The van der Waals surface area contributed by atoms with Crippen molar-refractivity contribution < 1.29 is 8.42 Å². The van der Waals surface area contributed by atoms with E-state index < -0.39 is 10.0 Å². The van der Waals surface area contributed by atoms with E-state index in [1.807, 2.05) is 24.3 Å². The van der Waals surface area contributed by atoms with Crippen LogP contribution in [0.15, 0.2) is 29.7 Å². The van der Waals surface area contributed by atoms with Gasteiger partial charge < -0.3 is 0 Å². The lowest BCUT2D eigenvalue weighted by atomic mass is 10.0. The SMILES string of the molecule is CC(C)c1cccc(/C=C/S(N)(=O)=O)c1. The monoisotopic (exact) mass is 225 g/mol. The number of nitrogens with two attached hydrogens (primary N) is 1. The van der Waals surface area contributed by atoms with E-state index in [-0.39, 0.29) is 0 Å². The van der Waals surface area contributed by atoms with Crippen LogP contribution >= 0.6 is 0 Å². The molecule has 0 atom stereocenters. The summed E-state index contributed by atoms with van der Waals surface area (Å²) in [5.74, 6) is 0.424. The molecular weight excluding hydrogens is 210 g/mol. The minimum Gasteiger partial charge on any atom is -0.225 e. The highest BCUT2D eigenvalue weighted by atomic mass is 32.2. The van der Waals surface area contributed by atoms with Gasteiger partial charge in [-0.2, -0.15) is 0 Å². The largest absolute Gasteiger partial charge is 0.231 e. The van der Waals surface area contributed by atoms with Crippen LogP contribution in [0.2, 0.25) is 0 Å². The van der Waals surface area contributed by atoms with Gasteiger partial charge in [0.2, 0.25) is 10.0 Å². The van der Waals surface area contributed by atoms with Gasteiger partial charge in [0.15, 0.2) is 0 Å². The standard InChI is InChI=1S/C11H15NO2S/c1-9(2)11-5-3-4-10(8-11)6-7-15(12,13)14/h3-9H,1-2H3,(H2,12,13,14)/b7-6+. The van der Waals surface area contributed by atoms with E-state index in [4.69, 9.17) is 5.14 Å². The molecule has 4 heteroatoms. The Morgan fingerprint density at radius 2 is 2.00 bits per heavy atom. The fourth-order valence-electron chi connectivity index (χ4n) is 1.20. The molecule has 0 radical (unpaired) electrons. The normalized spacial score (nSPS) is 12.5. The van der Waals surface area contributed by atoms with Gasteiger partial charge >= 0.3 is 0 Å². The number of benzene rings is 1. The molecule has 15 heavy (non-hydrogen) atoms. The average Bonchev–Trinajstić information content (AvgIpc) is 2.14. The summed E-state index contributed by atoms with van der Waals surface area (Å²) in [5, 5.41) is 5.87. The molecule has 0 aliphatic carbocycles.